The fourth-order valence-corrected chi connectivity index (χ4v) is 4.43. The van der Waals surface area contributed by atoms with Crippen molar-refractivity contribution in [2.45, 2.75) is 36.6 Å². The third-order valence-electron chi connectivity index (χ3n) is 4.56. The van der Waals surface area contributed by atoms with Crippen molar-refractivity contribution in [1.82, 2.24) is 4.72 Å². The maximum Gasteiger partial charge on any atom is 0.262 e. The van der Waals surface area contributed by atoms with E-state index in [1.165, 1.54) is 19.2 Å². The molecule has 8 heteroatoms. The molecule has 0 radical (unpaired) electrons. The molecule has 0 aliphatic heterocycles. The van der Waals surface area contributed by atoms with Crippen LogP contribution in [0.25, 0.3) is 0 Å². The molecule has 2 aromatic carbocycles. The fourth-order valence-electron chi connectivity index (χ4n) is 3.13. The molecular weight excluding hydrogens is 380 g/mol. The van der Waals surface area contributed by atoms with Crippen molar-refractivity contribution in [1.29, 1.82) is 0 Å². The summed E-state index contributed by atoms with van der Waals surface area (Å²) >= 11 is 0. The van der Waals surface area contributed by atoms with Gasteiger partial charge in [-0.25, -0.2) is 13.1 Å². The van der Waals surface area contributed by atoms with Gasteiger partial charge in [0.1, 0.15) is 11.5 Å². The zero-order valence-electron chi connectivity index (χ0n) is 15.7. The molecule has 28 heavy (non-hydrogen) atoms. The highest BCUT2D eigenvalue weighted by Gasteiger charge is 2.22. The number of anilines is 1. The molecule has 0 atom stereocenters. The Morgan fingerprint density at radius 2 is 1.75 bits per heavy atom. The second-order valence-corrected chi connectivity index (χ2v) is 8.33. The van der Waals surface area contributed by atoms with Gasteiger partial charge in [-0.05, 0) is 49.2 Å². The van der Waals surface area contributed by atoms with Crippen molar-refractivity contribution >= 4 is 21.6 Å². The molecule has 2 N–H and O–H groups in total. The van der Waals surface area contributed by atoms with Crippen molar-refractivity contribution in [2.24, 2.45) is 0 Å². The smallest absolute Gasteiger partial charge is 0.262 e. The van der Waals surface area contributed by atoms with E-state index < -0.39 is 10.0 Å². The average Bonchev–Trinajstić information content (AvgIpc) is 3.19. The Balaban J connectivity index is 1.54. The maximum absolute atomic E-state index is 12.4. The van der Waals surface area contributed by atoms with Gasteiger partial charge >= 0.3 is 0 Å². The van der Waals surface area contributed by atoms with E-state index >= 15 is 0 Å². The minimum absolute atomic E-state index is 0.0135. The predicted octanol–water partition coefficient (Wildman–Crippen LogP) is 2.93. The van der Waals surface area contributed by atoms with Crippen LogP contribution >= 0.6 is 0 Å². The molecule has 0 aromatic heterocycles. The Labute approximate surface area is 165 Å². The van der Waals surface area contributed by atoms with E-state index in [9.17, 15) is 13.2 Å². The summed E-state index contributed by atoms with van der Waals surface area (Å²) in [7, 11) is -2.01. The van der Waals surface area contributed by atoms with E-state index in [0.717, 1.165) is 25.7 Å². The topological polar surface area (TPSA) is 93.7 Å². The summed E-state index contributed by atoms with van der Waals surface area (Å²) in [4.78, 5) is 12.3. The molecule has 0 spiro atoms. The van der Waals surface area contributed by atoms with Crippen LogP contribution in [0.2, 0.25) is 0 Å². The van der Waals surface area contributed by atoms with Gasteiger partial charge in [0.25, 0.3) is 5.91 Å². The first-order valence-electron chi connectivity index (χ1n) is 9.16. The summed E-state index contributed by atoms with van der Waals surface area (Å²) in [6.07, 6.45) is 3.86. The number of nitrogens with one attached hydrogen (secondary N) is 2. The Morgan fingerprint density at radius 3 is 2.43 bits per heavy atom. The van der Waals surface area contributed by atoms with Crippen LogP contribution in [-0.2, 0) is 14.8 Å². The Morgan fingerprint density at radius 1 is 1.07 bits per heavy atom. The van der Waals surface area contributed by atoms with Crippen LogP contribution in [0.4, 0.5) is 5.69 Å². The third-order valence-corrected chi connectivity index (χ3v) is 6.10. The van der Waals surface area contributed by atoms with E-state index in [1.807, 2.05) is 6.07 Å². The van der Waals surface area contributed by atoms with Crippen LogP contribution in [-0.4, -0.2) is 34.1 Å². The van der Waals surface area contributed by atoms with Gasteiger partial charge in [-0.1, -0.05) is 25.0 Å². The van der Waals surface area contributed by atoms with Gasteiger partial charge in [0.15, 0.2) is 6.61 Å². The lowest BCUT2D eigenvalue weighted by molar-refractivity contribution is -0.118. The van der Waals surface area contributed by atoms with Gasteiger partial charge in [-0.2, -0.15) is 0 Å². The second kappa shape index (κ2) is 9.07. The monoisotopic (exact) mass is 404 g/mol. The quantitative estimate of drug-likeness (QED) is 0.706. The number of ether oxygens (including phenoxy) is 2. The summed E-state index contributed by atoms with van der Waals surface area (Å²) in [5, 5.41) is 2.71. The first-order valence-corrected chi connectivity index (χ1v) is 10.6. The van der Waals surface area contributed by atoms with Crippen molar-refractivity contribution < 1.29 is 22.7 Å². The van der Waals surface area contributed by atoms with Crippen LogP contribution in [0, 0.1) is 0 Å². The van der Waals surface area contributed by atoms with Crippen molar-refractivity contribution in [3.8, 4) is 11.5 Å². The van der Waals surface area contributed by atoms with E-state index in [2.05, 4.69) is 10.0 Å². The third kappa shape index (κ3) is 5.24. The van der Waals surface area contributed by atoms with Gasteiger partial charge in [0, 0.05) is 6.04 Å². The number of methoxy groups -OCH3 is 1. The van der Waals surface area contributed by atoms with E-state index in [1.54, 1.807) is 30.3 Å². The minimum atomic E-state index is -3.54. The SMILES string of the molecule is COc1ccccc1NC(=O)COc1ccc(S(=O)(=O)NC2CCCC2)cc1. The lowest BCUT2D eigenvalue weighted by Crippen LogP contribution is -2.32. The molecule has 1 aliphatic rings. The number of carbonyl (C=O) groups excluding carboxylic acids is 1. The van der Waals surface area contributed by atoms with Crippen molar-refractivity contribution in [2.75, 3.05) is 19.0 Å². The average molecular weight is 404 g/mol. The first kappa shape index (κ1) is 20.2. The van der Waals surface area contributed by atoms with Gasteiger partial charge in [-0.3, -0.25) is 4.79 Å². The molecular formula is C20H24N2O5S. The summed E-state index contributed by atoms with van der Waals surface area (Å²) in [5.41, 5.74) is 0.554. The molecule has 1 amide bonds. The molecule has 1 saturated carbocycles. The molecule has 0 bridgehead atoms. The Kier molecular flexibility index (Phi) is 6.53. The van der Waals surface area contributed by atoms with E-state index in [-0.39, 0.29) is 23.5 Å². The number of rotatable bonds is 8. The molecule has 2 aromatic rings. The van der Waals surface area contributed by atoms with E-state index in [0.29, 0.717) is 17.2 Å². The fraction of sp³-hybridized carbons (Fsp3) is 0.350. The van der Waals surface area contributed by atoms with Crippen molar-refractivity contribution in [3.63, 3.8) is 0 Å². The van der Waals surface area contributed by atoms with Crippen LogP contribution in [0.3, 0.4) is 0 Å². The molecule has 0 unspecified atom stereocenters. The molecule has 1 aliphatic carbocycles. The summed E-state index contributed by atoms with van der Waals surface area (Å²) in [6.45, 7) is -0.204. The highest BCUT2D eigenvalue weighted by atomic mass is 32.2. The number of hydrogen-bond donors (Lipinski definition) is 2. The number of hydrogen-bond acceptors (Lipinski definition) is 5. The highest BCUT2D eigenvalue weighted by molar-refractivity contribution is 7.89. The zero-order valence-corrected chi connectivity index (χ0v) is 16.5. The van der Waals surface area contributed by atoms with Crippen LogP contribution in [0.15, 0.2) is 53.4 Å². The molecule has 0 heterocycles. The number of carbonyl (C=O) groups is 1. The zero-order chi connectivity index (χ0) is 20.0. The largest absolute Gasteiger partial charge is 0.495 e. The van der Waals surface area contributed by atoms with Crippen LogP contribution < -0.4 is 19.5 Å². The first-order chi connectivity index (χ1) is 13.5. The number of sulfonamides is 1. The predicted molar refractivity (Wildman–Crippen MR) is 106 cm³/mol. The highest BCUT2D eigenvalue weighted by Crippen LogP contribution is 2.23. The lowest BCUT2D eigenvalue weighted by Gasteiger charge is -2.13. The molecule has 3 rings (SSSR count). The summed E-state index contributed by atoms with van der Waals surface area (Å²) in [6, 6.07) is 13.1. The van der Waals surface area contributed by atoms with Crippen LogP contribution in [0.1, 0.15) is 25.7 Å². The lowest BCUT2D eigenvalue weighted by atomic mass is 10.3. The molecule has 7 nitrogen and oxygen atoms in total. The number of amides is 1. The summed E-state index contributed by atoms with van der Waals surface area (Å²) in [5.74, 6) is 0.624. The Bertz CT molecular complexity index is 906. The van der Waals surface area contributed by atoms with Crippen molar-refractivity contribution in [3.05, 3.63) is 48.5 Å². The second-order valence-electron chi connectivity index (χ2n) is 6.61. The van der Waals surface area contributed by atoms with Gasteiger partial charge in [0.2, 0.25) is 10.0 Å². The Hall–Kier alpha value is -2.58. The maximum atomic E-state index is 12.4. The minimum Gasteiger partial charge on any atom is -0.495 e. The van der Waals surface area contributed by atoms with Gasteiger partial charge in [-0.15, -0.1) is 0 Å². The molecule has 0 saturated heterocycles. The molecule has 1 fully saturated rings. The standard InChI is InChI=1S/C20H24N2O5S/c1-26-19-9-5-4-8-18(19)21-20(23)14-27-16-10-12-17(13-11-16)28(24,25)22-15-6-2-3-7-15/h4-5,8-13,15,22H,2-3,6-7,14H2,1H3,(H,21,23). The van der Waals surface area contributed by atoms with Gasteiger partial charge < -0.3 is 14.8 Å². The van der Waals surface area contributed by atoms with E-state index in [4.69, 9.17) is 9.47 Å². The number of benzene rings is 2. The van der Waals surface area contributed by atoms with Gasteiger partial charge in [0.05, 0.1) is 17.7 Å². The molecule has 150 valence electrons. The summed E-state index contributed by atoms with van der Waals surface area (Å²) < 4.78 is 38.2. The normalized spacial score (nSPS) is 14.6. The number of para-hydroxylation sites is 2. The van der Waals surface area contributed by atoms with Crippen LogP contribution in [0.5, 0.6) is 11.5 Å².